The van der Waals surface area contributed by atoms with Gasteiger partial charge in [0, 0.05) is 19.1 Å². The van der Waals surface area contributed by atoms with Gasteiger partial charge < -0.3 is 19.9 Å². The highest BCUT2D eigenvalue weighted by Gasteiger charge is 2.38. The lowest BCUT2D eigenvalue weighted by Gasteiger charge is -2.36. The van der Waals surface area contributed by atoms with Gasteiger partial charge in [-0.1, -0.05) is 49.6 Å². The minimum atomic E-state index is -0.335. The maximum atomic E-state index is 13.2. The summed E-state index contributed by atoms with van der Waals surface area (Å²) in [6, 6.07) is 9.92. The lowest BCUT2D eigenvalue weighted by molar-refractivity contribution is -0.143. The first kappa shape index (κ1) is 19.2. The second kappa shape index (κ2) is 8.95. The van der Waals surface area contributed by atoms with Crippen LogP contribution >= 0.6 is 0 Å². The number of benzene rings is 1. The van der Waals surface area contributed by atoms with E-state index < -0.39 is 0 Å². The molecule has 0 unspecified atom stereocenters. The average molecular weight is 386 g/mol. The van der Waals surface area contributed by atoms with Crippen LogP contribution in [-0.4, -0.2) is 60.1 Å². The Morgan fingerprint density at radius 2 is 1.75 bits per heavy atom. The molecule has 28 heavy (non-hydrogen) atoms. The Morgan fingerprint density at radius 1 is 0.964 bits per heavy atom. The quantitative estimate of drug-likeness (QED) is 0.870. The number of urea groups is 1. The molecule has 3 aliphatic rings. The molecule has 2 atom stereocenters. The first-order valence-electron chi connectivity index (χ1n) is 10.7. The van der Waals surface area contributed by atoms with Crippen molar-refractivity contribution in [3.8, 4) is 0 Å². The van der Waals surface area contributed by atoms with Crippen LogP contribution in [0, 0.1) is 0 Å². The van der Waals surface area contributed by atoms with E-state index in [4.69, 9.17) is 4.74 Å². The molecule has 0 spiro atoms. The van der Waals surface area contributed by atoms with Crippen molar-refractivity contribution in [1.29, 1.82) is 0 Å². The second-order valence-electron chi connectivity index (χ2n) is 8.19. The lowest BCUT2D eigenvalue weighted by atomic mass is 9.96. The maximum absolute atomic E-state index is 13.2. The molecule has 3 fully saturated rings. The van der Waals surface area contributed by atoms with Crippen molar-refractivity contribution in [3.63, 3.8) is 0 Å². The summed E-state index contributed by atoms with van der Waals surface area (Å²) in [4.78, 5) is 29.7. The first-order valence-corrected chi connectivity index (χ1v) is 10.7. The van der Waals surface area contributed by atoms with Crippen LogP contribution < -0.4 is 5.32 Å². The Balaban J connectivity index is 1.38. The fraction of sp³-hybridized carbons (Fsp3) is 0.636. The largest absolute Gasteiger partial charge is 0.370 e. The normalized spacial score (nSPS) is 26.3. The number of hydrogen-bond acceptors (Lipinski definition) is 3. The zero-order chi connectivity index (χ0) is 19.3. The fourth-order valence-corrected chi connectivity index (χ4v) is 4.70. The number of nitrogens with zero attached hydrogens (tertiary/aromatic N) is 2. The molecule has 2 saturated heterocycles. The van der Waals surface area contributed by atoms with Crippen LogP contribution in [0.15, 0.2) is 30.3 Å². The Labute approximate surface area is 167 Å². The molecule has 2 aliphatic heterocycles. The fourth-order valence-electron chi connectivity index (χ4n) is 4.70. The van der Waals surface area contributed by atoms with E-state index in [1.165, 1.54) is 19.3 Å². The van der Waals surface area contributed by atoms with E-state index in [0.717, 1.165) is 31.2 Å². The minimum absolute atomic E-state index is 0.0596. The molecular weight excluding hydrogens is 354 g/mol. The molecule has 152 valence electrons. The van der Waals surface area contributed by atoms with E-state index in [-0.39, 0.29) is 30.1 Å². The van der Waals surface area contributed by atoms with Gasteiger partial charge in [-0.15, -0.1) is 0 Å². The van der Waals surface area contributed by atoms with Crippen molar-refractivity contribution in [2.24, 2.45) is 0 Å². The maximum Gasteiger partial charge on any atom is 0.318 e. The summed E-state index contributed by atoms with van der Waals surface area (Å²) < 4.78 is 5.90. The zero-order valence-electron chi connectivity index (χ0n) is 16.5. The number of hydrogen-bond donors (Lipinski definition) is 1. The Hall–Kier alpha value is -2.08. The van der Waals surface area contributed by atoms with E-state index in [2.05, 4.69) is 5.32 Å². The highest BCUT2D eigenvalue weighted by atomic mass is 16.5. The summed E-state index contributed by atoms with van der Waals surface area (Å²) in [5.41, 5.74) is 1.10. The van der Waals surface area contributed by atoms with E-state index >= 15 is 0 Å². The Bertz CT molecular complexity index is 675. The summed E-state index contributed by atoms with van der Waals surface area (Å²) in [6.07, 6.45) is 7.29. The predicted molar refractivity (Wildman–Crippen MR) is 107 cm³/mol. The van der Waals surface area contributed by atoms with Gasteiger partial charge in [-0.25, -0.2) is 4.79 Å². The average Bonchev–Trinajstić information content (AvgIpc) is 3.25. The lowest BCUT2D eigenvalue weighted by Crippen LogP contribution is -2.54. The van der Waals surface area contributed by atoms with Crippen molar-refractivity contribution in [2.45, 2.75) is 63.1 Å². The van der Waals surface area contributed by atoms with Crippen molar-refractivity contribution in [1.82, 2.24) is 15.1 Å². The smallest absolute Gasteiger partial charge is 0.318 e. The van der Waals surface area contributed by atoms with E-state index in [9.17, 15) is 9.59 Å². The molecule has 0 bridgehead atoms. The standard InChI is InChI=1S/C22H31N3O3/c26-21(24-14-15-28-20(16-24)17-8-3-1-4-9-17)19-12-7-13-25(19)22(27)23-18-10-5-2-6-11-18/h1,3-4,8-9,18-20H,2,5-7,10-16H2,(H,23,27)/t19-,20+/m0/s1. The van der Waals surface area contributed by atoms with Crippen molar-refractivity contribution in [2.75, 3.05) is 26.2 Å². The molecule has 0 aromatic heterocycles. The number of carbonyl (C=O) groups is 2. The topological polar surface area (TPSA) is 61.9 Å². The van der Waals surface area contributed by atoms with Gasteiger partial charge in [-0.05, 0) is 31.2 Å². The molecule has 6 nitrogen and oxygen atoms in total. The van der Waals surface area contributed by atoms with Gasteiger partial charge in [0.25, 0.3) is 0 Å². The summed E-state index contributed by atoms with van der Waals surface area (Å²) in [6.45, 7) is 2.35. The summed E-state index contributed by atoms with van der Waals surface area (Å²) in [7, 11) is 0. The highest BCUT2D eigenvalue weighted by Crippen LogP contribution is 2.26. The van der Waals surface area contributed by atoms with Crippen molar-refractivity contribution in [3.05, 3.63) is 35.9 Å². The van der Waals surface area contributed by atoms with Gasteiger partial charge >= 0.3 is 6.03 Å². The number of amides is 3. The molecule has 1 aliphatic carbocycles. The van der Waals surface area contributed by atoms with Gasteiger partial charge in [-0.2, -0.15) is 0 Å². The minimum Gasteiger partial charge on any atom is -0.370 e. The third-order valence-corrected chi connectivity index (χ3v) is 6.28. The van der Waals surface area contributed by atoms with Gasteiger partial charge in [0.2, 0.25) is 5.91 Å². The number of carbonyl (C=O) groups excluding carboxylic acids is 2. The number of likely N-dealkylation sites (tertiary alicyclic amines) is 1. The SMILES string of the molecule is O=C([C@@H]1CCCN1C(=O)NC1CCCCC1)N1CCO[C@@H](c2ccccc2)C1. The molecule has 1 N–H and O–H groups in total. The Kier molecular flexibility index (Phi) is 6.15. The predicted octanol–water partition coefficient (Wildman–Crippen LogP) is 3.09. The molecule has 3 amide bonds. The molecule has 6 heteroatoms. The summed E-state index contributed by atoms with van der Waals surface area (Å²) in [5, 5.41) is 3.17. The molecule has 4 rings (SSSR count). The monoisotopic (exact) mass is 385 g/mol. The second-order valence-corrected chi connectivity index (χ2v) is 8.19. The zero-order valence-corrected chi connectivity index (χ0v) is 16.5. The molecule has 1 aromatic carbocycles. The number of rotatable bonds is 3. The van der Waals surface area contributed by atoms with Gasteiger partial charge in [0.05, 0.1) is 13.2 Å². The molecular formula is C22H31N3O3. The summed E-state index contributed by atoms with van der Waals surface area (Å²) >= 11 is 0. The van der Waals surface area contributed by atoms with Gasteiger partial charge in [0.1, 0.15) is 12.1 Å². The van der Waals surface area contributed by atoms with Crippen LogP contribution in [0.25, 0.3) is 0 Å². The van der Waals surface area contributed by atoms with Crippen molar-refractivity contribution >= 4 is 11.9 Å². The van der Waals surface area contributed by atoms with Crippen LogP contribution in [0.2, 0.25) is 0 Å². The summed E-state index contributed by atoms with van der Waals surface area (Å²) in [5.74, 6) is 0.0699. The molecule has 2 heterocycles. The Morgan fingerprint density at radius 3 is 2.54 bits per heavy atom. The number of ether oxygens (including phenoxy) is 1. The molecule has 1 aromatic rings. The third kappa shape index (κ3) is 4.32. The number of morpholine rings is 1. The van der Waals surface area contributed by atoms with Gasteiger partial charge in [-0.3, -0.25) is 4.79 Å². The van der Waals surface area contributed by atoms with Crippen LogP contribution in [0.4, 0.5) is 4.79 Å². The highest BCUT2D eigenvalue weighted by molar-refractivity contribution is 5.88. The van der Waals surface area contributed by atoms with Crippen LogP contribution in [0.1, 0.15) is 56.6 Å². The van der Waals surface area contributed by atoms with E-state index in [0.29, 0.717) is 26.2 Å². The van der Waals surface area contributed by atoms with Gasteiger partial charge in [0.15, 0.2) is 0 Å². The molecule has 1 saturated carbocycles. The van der Waals surface area contributed by atoms with Crippen molar-refractivity contribution < 1.29 is 14.3 Å². The molecule has 0 radical (unpaired) electrons. The van der Waals surface area contributed by atoms with Crippen LogP contribution in [0.5, 0.6) is 0 Å². The third-order valence-electron chi connectivity index (χ3n) is 6.28. The first-order chi connectivity index (χ1) is 13.7. The number of nitrogens with one attached hydrogen (secondary N) is 1. The van der Waals surface area contributed by atoms with E-state index in [1.807, 2.05) is 35.2 Å². The van der Waals surface area contributed by atoms with Crippen LogP contribution in [0.3, 0.4) is 0 Å². The van der Waals surface area contributed by atoms with Crippen LogP contribution in [-0.2, 0) is 9.53 Å². The van der Waals surface area contributed by atoms with E-state index in [1.54, 1.807) is 4.90 Å².